The number of carbonyl (C=O) groups excluding carboxylic acids is 1. The highest BCUT2D eigenvalue weighted by atomic mass is 19.1. The van der Waals surface area contributed by atoms with E-state index in [1.807, 2.05) is 0 Å². The lowest BCUT2D eigenvalue weighted by atomic mass is 9.97. The highest BCUT2D eigenvalue weighted by Crippen LogP contribution is 2.26. The molecule has 2 aromatic carbocycles. The topological polar surface area (TPSA) is 63.3 Å². The highest BCUT2D eigenvalue weighted by molar-refractivity contribution is 6.00. The van der Waals surface area contributed by atoms with Crippen molar-refractivity contribution in [3.63, 3.8) is 0 Å². The smallest absolute Gasteiger partial charge is 0.198 e. The molecule has 0 saturated heterocycles. The number of rotatable bonds is 3. The first-order chi connectivity index (χ1) is 9.43. The zero-order chi connectivity index (χ0) is 14.9. The van der Waals surface area contributed by atoms with Crippen molar-refractivity contribution in [2.24, 2.45) is 0 Å². The lowest BCUT2D eigenvalue weighted by Crippen LogP contribution is -2.16. The van der Waals surface area contributed by atoms with E-state index in [-0.39, 0.29) is 11.3 Å². The molecule has 0 fully saturated rings. The van der Waals surface area contributed by atoms with Crippen molar-refractivity contribution < 1.29 is 18.7 Å². The molecule has 0 radical (unpaired) electrons. The van der Waals surface area contributed by atoms with Crippen LogP contribution in [-0.4, -0.2) is 10.9 Å². The lowest BCUT2D eigenvalue weighted by Gasteiger charge is -2.13. The number of nitrogen functional groups attached to an aromatic ring is 1. The molecule has 0 aliphatic carbocycles. The Balaban J connectivity index is 2.45. The quantitative estimate of drug-likeness (QED) is 0.670. The molecule has 0 amide bonds. The van der Waals surface area contributed by atoms with Crippen LogP contribution in [0.4, 0.5) is 14.5 Å². The molecule has 1 unspecified atom stereocenters. The number of Topliss-reactive ketones (excluding diaryl/α,β-unsaturated/α-hetero) is 1. The van der Waals surface area contributed by atoms with Crippen molar-refractivity contribution in [3.05, 3.63) is 64.7 Å². The third-order valence-corrected chi connectivity index (χ3v) is 3.13. The van der Waals surface area contributed by atoms with Gasteiger partial charge < -0.3 is 10.8 Å². The number of benzene rings is 2. The number of halogens is 2. The van der Waals surface area contributed by atoms with Crippen molar-refractivity contribution in [1.29, 1.82) is 0 Å². The van der Waals surface area contributed by atoms with Crippen LogP contribution in [0.5, 0.6) is 0 Å². The molecule has 20 heavy (non-hydrogen) atoms. The summed E-state index contributed by atoms with van der Waals surface area (Å²) in [6, 6.07) is 8.76. The SMILES string of the molecule is Cc1c(N)c(F)cc(C(=O)C(O)c2ccccc2)c1F. The number of carbonyl (C=O) groups is 1. The van der Waals surface area contributed by atoms with Gasteiger partial charge in [-0.3, -0.25) is 4.79 Å². The van der Waals surface area contributed by atoms with Crippen LogP contribution in [0.1, 0.15) is 27.6 Å². The van der Waals surface area contributed by atoms with Gasteiger partial charge in [-0.2, -0.15) is 0 Å². The van der Waals surface area contributed by atoms with E-state index < -0.39 is 29.1 Å². The minimum Gasteiger partial charge on any atom is -0.396 e. The van der Waals surface area contributed by atoms with Gasteiger partial charge in [-0.25, -0.2) is 8.78 Å². The summed E-state index contributed by atoms with van der Waals surface area (Å²) in [6.45, 7) is 1.28. The largest absolute Gasteiger partial charge is 0.396 e. The van der Waals surface area contributed by atoms with Crippen LogP contribution in [0.25, 0.3) is 0 Å². The van der Waals surface area contributed by atoms with E-state index in [2.05, 4.69) is 0 Å². The highest BCUT2D eigenvalue weighted by Gasteiger charge is 2.25. The van der Waals surface area contributed by atoms with Crippen LogP contribution in [0, 0.1) is 18.6 Å². The van der Waals surface area contributed by atoms with E-state index in [4.69, 9.17) is 5.73 Å². The minimum atomic E-state index is -1.55. The van der Waals surface area contributed by atoms with Gasteiger partial charge in [-0.1, -0.05) is 30.3 Å². The van der Waals surface area contributed by atoms with Gasteiger partial charge in [0.25, 0.3) is 0 Å². The van der Waals surface area contributed by atoms with Gasteiger partial charge in [0.2, 0.25) is 0 Å². The van der Waals surface area contributed by atoms with Crippen molar-refractivity contribution >= 4 is 11.5 Å². The molecule has 2 rings (SSSR count). The van der Waals surface area contributed by atoms with Gasteiger partial charge in [-0.15, -0.1) is 0 Å². The first kappa shape index (κ1) is 14.1. The average Bonchev–Trinajstić information content (AvgIpc) is 2.48. The fraction of sp³-hybridized carbons (Fsp3) is 0.133. The number of hydrogen-bond donors (Lipinski definition) is 2. The summed E-state index contributed by atoms with van der Waals surface area (Å²) in [5.41, 5.74) is 4.67. The zero-order valence-corrected chi connectivity index (χ0v) is 10.7. The van der Waals surface area contributed by atoms with Gasteiger partial charge in [-0.05, 0) is 18.6 Å². The number of hydrogen-bond acceptors (Lipinski definition) is 3. The van der Waals surface area contributed by atoms with Crippen LogP contribution in [0.15, 0.2) is 36.4 Å². The zero-order valence-electron chi connectivity index (χ0n) is 10.7. The van der Waals surface area contributed by atoms with E-state index in [1.165, 1.54) is 19.1 Å². The average molecular weight is 277 g/mol. The molecule has 2 aromatic rings. The summed E-state index contributed by atoms with van der Waals surface area (Å²) in [5, 5.41) is 9.95. The predicted octanol–water partition coefficient (Wildman–Crippen LogP) is 2.77. The molecular formula is C15H13F2NO2. The van der Waals surface area contributed by atoms with Gasteiger partial charge >= 0.3 is 0 Å². The minimum absolute atomic E-state index is 0.145. The summed E-state index contributed by atoms with van der Waals surface area (Å²) in [5.74, 6) is -2.70. The maximum atomic E-state index is 14.0. The van der Waals surface area contributed by atoms with E-state index >= 15 is 0 Å². The fourth-order valence-electron chi connectivity index (χ4n) is 1.88. The first-order valence-corrected chi connectivity index (χ1v) is 5.94. The van der Waals surface area contributed by atoms with Gasteiger partial charge in [0.15, 0.2) is 5.78 Å². The molecule has 3 nitrogen and oxygen atoms in total. The Hall–Kier alpha value is -2.27. The van der Waals surface area contributed by atoms with E-state index in [9.17, 15) is 18.7 Å². The molecule has 0 saturated carbocycles. The molecule has 0 aliphatic heterocycles. The lowest BCUT2D eigenvalue weighted by molar-refractivity contribution is 0.0742. The Bertz CT molecular complexity index is 657. The van der Waals surface area contributed by atoms with Crippen molar-refractivity contribution in [1.82, 2.24) is 0 Å². The second-order valence-electron chi connectivity index (χ2n) is 4.44. The maximum absolute atomic E-state index is 14.0. The molecule has 0 bridgehead atoms. The van der Waals surface area contributed by atoms with Crippen LogP contribution in [-0.2, 0) is 0 Å². The molecule has 104 valence electrons. The van der Waals surface area contributed by atoms with Gasteiger partial charge in [0.05, 0.1) is 11.3 Å². The van der Waals surface area contributed by atoms with E-state index in [1.54, 1.807) is 18.2 Å². The normalized spacial score (nSPS) is 12.2. The first-order valence-electron chi connectivity index (χ1n) is 5.94. The van der Waals surface area contributed by atoms with Crippen molar-refractivity contribution in [3.8, 4) is 0 Å². The van der Waals surface area contributed by atoms with Crippen LogP contribution < -0.4 is 5.73 Å². The fourth-order valence-corrected chi connectivity index (χ4v) is 1.88. The molecule has 0 aromatic heterocycles. The Morgan fingerprint density at radius 3 is 2.45 bits per heavy atom. The third kappa shape index (κ3) is 2.40. The maximum Gasteiger partial charge on any atom is 0.198 e. The number of aliphatic hydroxyl groups is 1. The Morgan fingerprint density at radius 1 is 1.25 bits per heavy atom. The standard InChI is InChI=1S/C15H13F2NO2/c1-8-12(17)10(7-11(16)13(8)18)15(20)14(19)9-5-3-2-4-6-9/h2-7,14,19H,18H2,1H3. The molecule has 0 spiro atoms. The number of anilines is 1. The predicted molar refractivity (Wildman–Crippen MR) is 71.2 cm³/mol. The van der Waals surface area contributed by atoms with E-state index in [0.29, 0.717) is 11.6 Å². The summed E-state index contributed by atoms with van der Waals surface area (Å²) >= 11 is 0. The summed E-state index contributed by atoms with van der Waals surface area (Å²) in [6.07, 6.45) is -1.55. The van der Waals surface area contributed by atoms with Gasteiger partial charge in [0, 0.05) is 5.56 Å². The van der Waals surface area contributed by atoms with Gasteiger partial charge in [0.1, 0.15) is 17.7 Å². The molecular weight excluding hydrogens is 264 g/mol. The van der Waals surface area contributed by atoms with E-state index in [0.717, 1.165) is 0 Å². The third-order valence-electron chi connectivity index (χ3n) is 3.13. The van der Waals surface area contributed by atoms with Crippen molar-refractivity contribution in [2.45, 2.75) is 13.0 Å². The monoisotopic (exact) mass is 277 g/mol. The molecule has 0 aliphatic rings. The summed E-state index contributed by atoms with van der Waals surface area (Å²) in [4.78, 5) is 12.1. The number of ketones is 1. The Kier molecular flexibility index (Phi) is 3.81. The molecule has 3 N–H and O–H groups in total. The molecule has 5 heteroatoms. The van der Waals surface area contributed by atoms with Crippen LogP contribution in [0.2, 0.25) is 0 Å². The van der Waals surface area contributed by atoms with Crippen LogP contribution >= 0.6 is 0 Å². The summed E-state index contributed by atoms with van der Waals surface area (Å²) in [7, 11) is 0. The summed E-state index contributed by atoms with van der Waals surface area (Å²) < 4.78 is 27.5. The Morgan fingerprint density at radius 2 is 1.85 bits per heavy atom. The second kappa shape index (κ2) is 5.38. The Labute approximate surface area is 114 Å². The molecule has 1 atom stereocenters. The number of aliphatic hydroxyl groups excluding tert-OH is 1. The van der Waals surface area contributed by atoms with Crippen LogP contribution in [0.3, 0.4) is 0 Å². The number of nitrogens with two attached hydrogens (primary N) is 1. The van der Waals surface area contributed by atoms with Crippen molar-refractivity contribution in [2.75, 3.05) is 5.73 Å². The second-order valence-corrected chi connectivity index (χ2v) is 4.44. The molecule has 0 heterocycles.